The minimum Gasteiger partial charge on any atom is -0.477 e. The van der Waals surface area contributed by atoms with E-state index < -0.39 is 5.54 Å². The largest absolute Gasteiger partial charge is 0.477 e. The summed E-state index contributed by atoms with van der Waals surface area (Å²) < 4.78 is 5.75. The number of ketones is 1. The molecule has 0 aromatic heterocycles. The third kappa shape index (κ3) is 3.91. The zero-order valence-corrected chi connectivity index (χ0v) is 16.4. The lowest BCUT2D eigenvalue weighted by Crippen LogP contribution is -2.56. The van der Waals surface area contributed by atoms with Crippen LogP contribution in [0.5, 0.6) is 0 Å². The molecule has 0 radical (unpaired) electrons. The molecule has 27 heavy (non-hydrogen) atoms. The number of nitrogens with zero attached hydrogens (tertiary/aromatic N) is 1. The summed E-state index contributed by atoms with van der Waals surface area (Å²) in [5.74, 6) is 0.316. The molecule has 140 valence electrons. The molecule has 1 heterocycles. The molecule has 1 amide bonds. The number of benzene rings is 2. The third-order valence-electron chi connectivity index (χ3n) is 4.92. The van der Waals surface area contributed by atoms with Crippen molar-refractivity contribution >= 4 is 28.9 Å². The summed E-state index contributed by atoms with van der Waals surface area (Å²) in [5.41, 5.74) is 1.13. The van der Waals surface area contributed by atoms with Crippen molar-refractivity contribution in [2.45, 2.75) is 32.7 Å². The fourth-order valence-corrected chi connectivity index (χ4v) is 3.20. The lowest BCUT2D eigenvalue weighted by Gasteiger charge is -2.40. The Bertz CT molecular complexity index is 886. The van der Waals surface area contributed by atoms with Crippen LogP contribution in [0.2, 0.25) is 5.02 Å². The fraction of sp³-hybridized carbons (Fsp3) is 0.273. The van der Waals surface area contributed by atoms with Gasteiger partial charge in [-0.1, -0.05) is 54.1 Å². The monoisotopic (exact) mass is 383 g/mol. The van der Waals surface area contributed by atoms with Crippen LogP contribution in [-0.4, -0.2) is 28.9 Å². The maximum Gasteiger partial charge on any atom is 0.261 e. The van der Waals surface area contributed by atoms with E-state index in [1.165, 1.54) is 4.90 Å². The molecule has 0 fully saturated rings. The van der Waals surface area contributed by atoms with Crippen LogP contribution in [0, 0.1) is 0 Å². The smallest absolute Gasteiger partial charge is 0.261 e. The lowest BCUT2D eigenvalue weighted by atomic mass is 9.90. The van der Waals surface area contributed by atoms with Gasteiger partial charge in [0.25, 0.3) is 5.91 Å². The van der Waals surface area contributed by atoms with Crippen molar-refractivity contribution in [2.24, 2.45) is 0 Å². The van der Waals surface area contributed by atoms with Crippen molar-refractivity contribution in [1.82, 2.24) is 4.90 Å². The number of hydrogen-bond donors (Lipinski definition) is 0. The first-order chi connectivity index (χ1) is 12.8. The van der Waals surface area contributed by atoms with Gasteiger partial charge in [-0.25, -0.2) is 0 Å². The number of allylic oxidation sites excluding steroid dienone is 1. The van der Waals surface area contributed by atoms with Crippen molar-refractivity contribution in [2.75, 3.05) is 6.73 Å². The van der Waals surface area contributed by atoms with Crippen molar-refractivity contribution in [1.29, 1.82) is 0 Å². The Morgan fingerprint density at radius 3 is 2.37 bits per heavy atom. The lowest BCUT2D eigenvalue weighted by molar-refractivity contribution is -0.148. The molecule has 2 aromatic carbocycles. The first-order valence-electron chi connectivity index (χ1n) is 8.79. The Balaban J connectivity index is 1.85. The highest BCUT2D eigenvalue weighted by Gasteiger charge is 2.41. The minimum absolute atomic E-state index is 0.0559. The van der Waals surface area contributed by atoms with E-state index in [1.807, 2.05) is 42.5 Å². The van der Waals surface area contributed by atoms with E-state index in [1.54, 1.807) is 32.9 Å². The van der Waals surface area contributed by atoms with E-state index in [0.29, 0.717) is 16.4 Å². The zero-order valence-electron chi connectivity index (χ0n) is 15.7. The second-order valence-electron chi connectivity index (χ2n) is 7.09. The molecule has 0 unspecified atom stereocenters. The van der Waals surface area contributed by atoms with Gasteiger partial charge in [0.1, 0.15) is 5.76 Å². The second-order valence-corrected chi connectivity index (χ2v) is 7.53. The summed E-state index contributed by atoms with van der Waals surface area (Å²) in [5, 5.41) is 0.623. The van der Waals surface area contributed by atoms with Crippen molar-refractivity contribution in [3.05, 3.63) is 76.5 Å². The summed E-state index contributed by atoms with van der Waals surface area (Å²) in [4.78, 5) is 27.7. The van der Waals surface area contributed by atoms with Crippen LogP contribution in [0.1, 0.15) is 31.9 Å². The molecule has 4 nitrogen and oxygen atoms in total. The highest BCUT2D eigenvalue weighted by Crippen LogP contribution is 2.31. The highest BCUT2D eigenvalue weighted by atomic mass is 35.5. The first-order valence-corrected chi connectivity index (χ1v) is 9.17. The normalized spacial score (nSPS) is 15.0. The van der Waals surface area contributed by atoms with E-state index >= 15 is 0 Å². The Hall–Kier alpha value is -2.59. The van der Waals surface area contributed by atoms with Crippen LogP contribution >= 0.6 is 11.6 Å². The molecule has 0 spiro atoms. The number of carbonyl (C=O) groups is 2. The number of amides is 1. The summed E-state index contributed by atoms with van der Waals surface area (Å²) in [7, 11) is 0. The van der Waals surface area contributed by atoms with E-state index in [0.717, 1.165) is 11.1 Å². The van der Waals surface area contributed by atoms with Crippen LogP contribution < -0.4 is 0 Å². The molecular formula is C22H22ClNO3. The summed E-state index contributed by atoms with van der Waals surface area (Å²) in [6.07, 6.45) is 0.220. The molecule has 1 aliphatic rings. The van der Waals surface area contributed by atoms with Gasteiger partial charge in [0.2, 0.25) is 0 Å². The standard InChI is InChI=1S/C22H22ClNO3/c1-15-20(17-7-5-4-6-8-17)21(26)24(14-27-15)22(2,3)19(25)13-16-9-11-18(23)12-10-16/h4-12H,13-14H2,1-3H3. The van der Waals surface area contributed by atoms with Gasteiger partial charge in [-0.3, -0.25) is 14.5 Å². The quantitative estimate of drug-likeness (QED) is 0.764. The van der Waals surface area contributed by atoms with Crippen molar-refractivity contribution < 1.29 is 14.3 Å². The average molecular weight is 384 g/mol. The number of hydrogen-bond acceptors (Lipinski definition) is 3. The summed E-state index contributed by atoms with van der Waals surface area (Å²) >= 11 is 5.91. The fourth-order valence-electron chi connectivity index (χ4n) is 3.08. The predicted octanol–water partition coefficient (Wildman–Crippen LogP) is 4.48. The van der Waals surface area contributed by atoms with Gasteiger partial charge in [0.05, 0.1) is 11.1 Å². The molecule has 0 saturated carbocycles. The van der Waals surface area contributed by atoms with Gasteiger partial charge in [-0.05, 0) is 44.0 Å². The topological polar surface area (TPSA) is 46.6 Å². The third-order valence-corrected chi connectivity index (χ3v) is 5.17. The van der Waals surface area contributed by atoms with Gasteiger partial charge < -0.3 is 4.74 Å². The van der Waals surface area contributed by atoms with Gasteiger partial charge >= 0.3 is 0 Å². The first kappa shape index (κ1) is 19.2. The van der Waals surface area contributed by atoms with E-state index in [2.05, 4.69) is 0 Å². The molecule has 1 aliphatic heterocycles. The highest BCUT2D eigenvalue weighted by molar-refractivity contribution is 6.30. The summed E-state index contributed by atoms with van der Waals surface area (Å²) in [6.45, 7) is 5.35. The predicted molar refractivity (Wildman–Crippen MR) is 106 cm³/mol. The van der Waals surface area contributed by atoms with E-state index in [4.69, 9.17) is 16.3 Å². The number of Topliss-reactive ketones (excluding diaryl/α,β-unsaturated/α-hetero) is 1. The number of halogens is 1. The van der Waals surface area contributed by atoms with Crippen molar-refractivity contribution in [3.63, 3.8) is 0 Å². The van der Waals surface area contributed by atoms with Crippen LogP contribution in [0.4, 0.5) is 0 Å². The summed E-state index contributed by atoms with van der Waals surface area (Å²) in [6, 6.07) is 16.5. The molecule has 0 bridgehead atoms. The molecule has 0 atom stereocenters. The Labute approximate surface area is 164 Å². The number of carbonyl (C=O) groups excluding carboxylic acids is 2. The van der Waals surface area contributed by atoms with Gasteiger partial charge in [0, 0.05) is 11.4 Å². The van der Waals surface area contributed by atoms with Crippen LogP contribution in [0.3, 0.4) is 0 Å². The van der Waals surface area contributed by atoms with Crippen LogP contribution in [0.25, 0.3) is 5.57 Å². The molecule has 0 aliphatic carbocycles. The molecule has 2 aromatic rings. The van der Waals surface area contributed by atoms with Gasteiger partial charge in [-0.15, -0.1) is 0 Å². The molecular weight excluding hydrogens is 362 g/mol. The zero-order chi connectivity index (χ0) is 19.6. The minimum atomic E-state index is -1.00. The second kappa shape index (κ2) is 7.57. The Morgan fingerprint density at radius 2 is 1.74 bits per heavy atom. The van der Waals surface area contributed by atoms with Crippen LogP contribution in [0.15, 0.2) is 60.4 Å². The van der Waals surface area contributed by atoms with E-state index in [9.17, 15) is 9.59 Å². The van der Waals surface area contributed by atoms with Gasteiger partial charge in [-0.2, -0.15) is 0 Å². The Kier molecular flexibility index (Phi) is 5.38. The number of ether oxygens (including phenoxy) is 1. The van der Waals surface area contributed by atoms with E-state index in [-0.39, 0.29) is 24.8 Å². The molecule has 0 saturated heterocycles. The van der Waals surface area contributed by atoms with Gasteiger partial charge in [0.15, 0.2) is 12.5 Å². The molecule has 3 rings (SSSR count). The average Bonchev–Trinajstić information content (AvgIpc) is 2.64. The number of rotatable bonds is 5. The molecule has 0 N–H and O–H groups in total. The van der Waals surface area contributed by atoms with Crippen LogP contribution in [-0.2, 0) is 20.7 Å². The molecule has 5 heteroatoms. The maximum atomic E-state index is 13.2. The SMILES string of the molecule is CC1=C(c2ccccc2)C(=O)N(C(C)(C)C(=O)Cc2ccc(Cl)cc2)CO1. The van der Waals surface area contributed by atoms with Crippen molar-refractivity contribution in [3.8, 4) is 0 Å². The Morgan fingerprint density at radius 1 is 1.11 bits per heavy atom. The maximum absolute atomic E-state index is 13.2.